The van der Waals surface area contributed by atoms with Crippen molar-refractivity contribution in [2.45, 2.75) is 56.7 Å². The van der Waals surface area contributed by atoms with Gasteiger partial charge < -0.3 is 14.6 Å². The van der Waals surface area contributed by atoms with Crippen molar-refractivity contribution in [3.63, 3.8) is 0 Å². The molecule has 0 radical (unpaired) electrons. The number of ether oxygens (including phenoxy) is 1. The normalized spacial score (nSPS) is 19.5. The zero-order valence-corrected chi connectivity index (χ0v) is 22.6. The van der Waals surface area contributed by atoms with E-state index in [9.17, 15) is 4.79 Å². The molecule has 3 heterocycles. The molecule has 1 saturated carbocycles. The van der Waals surface area contributed by atoms with Gasteiger partial charge in [0.1, 0.15) is 18.5 Å². The van der Waals surface area contributed by atoms with Crippen LogP contribution in [0.25, 0.3) is 11.1 Å². The summed E-state index contributed by atoms with van der Waals surface area (Å²) in [7, 11) is 0. The van der Waals surface area contributed by atoms with Crippen LogP contribution in [0.3, 0.4) is 0 Å². The summed E-state index contributed by atoms with van der Waals surface area (Å²) in [6.07, 6.45) is 6.79. The molecule has 10 nitrogen and oxygen atoms in total. The lowest BCUT2D eigenvalue weighted by Gasteiger charge is -2.31. The van der Waals surface area contributed by atoms with Crippen molar-refractivity contribution in [2.24, 2.45) is 0 Å². The number of nitrogens with zero attached hydrogens (tertiary/aromatic N) is 7. The smallest absolute Gasteiger partial charge is 0.410 e. The van der Waals surface area contributed by atoms with E-state index in [4.69, 9.17) is 10.00 Å². The van der Waals surface area contributed by atoms with Crippen LogP contribution in [0.15, 0.2) is 60.9 Å². The number of nitriles is 1. The fourth-order valence-corrected chi connectivity index (χ4v) is 6.52. The Morgan fingerprint density at radius 1 is 1.00 bits per heavy atom. The Labute approximate surface area is 238 Å². The van der Waals surface area contributed by atoms with Gasteiger partial charge in [0.25, 0.3) is 0 Å². The molecular formula is C31H30N8O2. The highest BCUT2D eigenvalue weighted by Gasteiger charge is 2.33. The third kappa shape index (κ3) is 4.78. The lowest BCUT2D eigenvalue weighted by Crippen LogP contribution is -2.40. The predicted octanol–water partition coefficient (Wildman–Crippen LogP) is 4.84. The number of carbonyl (C=O) groups excluding carboxylic acids is 1. The lowest BCUT2D eigenvalue weighted by molar-refractivity contribution is 0.0892. The average molecular weight is 547 g/mol. The second-order valence-corrected chi connectivity index (χ2v) is 11.0. The maximum Gasteiger partial charge on any atom is 0.410 e. The Hall–Kier alpha value is -4.78. The molecule has 1 aliphatic heterocycles. The van der Waals surface area contributed by atoms with Gasteiger partial charge in [0.05, 0.1) is 24.5 Å². The molecule has 7 rings (SSSR count). The van der Waals surface area contributed by atoms with Gasteiger partial charge in [-0.25, -0.2) is 14.8 Å². The molecule has 10 heteroatoms. The number of carbonyl (C=O) groups is 1. The monoisotopic (exact) mass is 546 g/mol. The molecule has 3 aliphatic rings. The molecule has 0 saturated heterocycles. The van der Waals surface area contributed by atoms with Gasteiger partial charge in [-0.05, 0) is 41.5 Å². The number of fused-ring (bicyclic) bond motifs is 4. The first kappa shape index (κ1) is 25.2. The van der Waals surface area contributed by atoms with Gasteiger partial charge in [0.2, 0.25) is 5.95 Å². The van der Waals surface area contributed by atoms with Gasteiger partial charge in [0, 0.05) is 31.0 Å². The highest BCUT2D eigenvalue weighted by Crippen LogP contribution is 2.44. The Balaban J connectivity index is 0.985. The second kappa shape index (κ2) is 10.7. The molecule has 41 heavy (non-hydrogen) atoms. The molecule has 1 N–H and O–H groups in total. The number of nitrogens with one attached hydrogen (secondary N) is 1. The van der Waals surface area contributed by atoms with E-state index in [-0.39, 0.29) is 24.0 Å². The highest BCUT2D eigenvalue weighted by molar-refractivity contribution is 5.79. The predicted molar refractivity (Wildman–Crippen MR) is 151 cm³/mol. The van der Waals surface area contributed by atoms with Crippen molar-refractivity contribution in [2.75, 3.05) is 18.5 Å². The third-order valence-electron chi connectivity index (χ3n) is 8.53. The minimum absolute atomic E-state index is 0.0361. The molecule has 2 aromatic carbocycles. The first-order valence-corrected chi connectivity index (χ1v) is 14.2. The van der Waals surface area contributed by atoms with Crippen LogP contribution in [0.4, 0.5) is 10.7 Å². The summed E-state index contributed by atoms with van der Waals surface area (Å²) in [6, 6.07) is 19.0. The Morgan fingerprint density at radius 2 is 1.73 bits per heavy atom. The van der Waals surface area contributed by atoms with E-state index in [2.05, 4.69) is 66.4 Å². The molecule has 0 spiro atoms. The maximum atomic E-state index is 13.2. The van der Waals surface area contributed by atoms with E-state index in [1.54, 1.807) is 4.90 Å². The van der Waals surface area contributed by atoms with Crippen LogP contribution >= 0.6 is 0 Å². The van der Waals surface area contributed by atoms with E-state index in [1.165, 1.54) is 34.6 Å². The van der Waals surface area contributed by atoms with Gasteiger partial charge >= 0.3 is 6.09 Å². The van der Waals surface area contributed by atoms with Crippen molar-refractivity contribution in [3.8, 4) is 17.2 Å². The quantitative estimate of drug-likeness (QED) is 0.377. The molecule has 1 amide bonds. The summed E-state index contributed by atoms with van der Waals surface area (Å²) >= 11 is 0. The number of hydrogen-bond donors (Lipinski definition) is 1. The number of amides is 1. The SMILES string of the molecule is N#Cc1cnc(N[C@@H]2CCC[C@H](c3nnc4n3CCN(C(=O)OCC3c5ccccc5-c5ccccc53)C4)C2)nc1. The zero-order valence-electron chi connectivity index (χ0n) is 22.6. The Morgan fingerprint density at radius 3 is 2.46 bits per heavy atom. The summed E-state index contributed by atoms with van der Waals surface area (Å²) in [5.74, 6) is 2.62. The van der Waals surface area contributed by atoms with Crippen LogP contribution in [0.5, 0.6) is 0 Å². The van der Waals surface area contributed by atoms with Gasteiger partial charge in [-0.15, -0.1) is 10.2 Å². The second-order valence-electron chi connectivity index (χ2n) is 11.0. The summed E-state index contributed by atoms with van der Waals surface area (Å²) in [4.78, 5) is 23.4. The molecule has 1 fully saturated rings. The number of rotatable bonds is 5. The number of benzene rings is 2. The zero-order chi connectivity index (χ0) is 27.8. The van der Waals surface area contributed by atoms with Crippen LogP contribution in [0.1, 0.15) is 65.9 Å². The maximum absolute atomic E-state index is 13.2. The largest absolute Gasteiger partial charge is 0.448 e. The van der Waals surface area contributed by atoms with Crippen molar-refractivity contribution in [1.29, 1.82) is 5.26 Å². The first-order valence-electron chi connectivity index (χ1n) is 14.2. The van der Waals surface area contributed by atoms with E-state index < -0.39 is 0 Å². The van der Waals surface area contributed by atoms with E-state index in [0.29, 0.717) is 37.8 Å². The summed E-state index contributed by atoms with van der Waals surface area (Å²) < 4.78 is 8.07. The third-order valence-corrected chi connectivity index (χ3v) is 8.53. The molecule has 2 aliphatic carbocycles. The number of hydrogen-bond acceptors (Lipinski definition) is 8. The van der Waals surface area contributed by atoms with Crippen LogP contribution in [0, 0.1) is 11.3 Å². The van der Waals surface area contributed by atoms with E-state index >= 15 is 0 Å². The molecular weight excluding hydrogens is 516 g/mol. The van der Waals surface area contributed by atoms with E-state index in [0.717, 1.165) is 37.3 Å². The fraction of sp³-hybridized carbons (Fsp3) is 0.355. The summed E-state index contributed by atoms with van der Waals surface area (Å²) in [5.41, 5.74) is 5.28. The molecule has 0 unspecified atom stereocenters. The Kier molecular flexibility index (Phi) is 6.55. The van der Waals surface area contributed by atoms with Crippen LogP contribution in [-0.4, -0.2) is 54.9 Å². The Bertz CT molecular complexity index is 1580. The van der Waals surface area contributed by atoms with E-state index in [1.807, 2.05) is 18.2 Å². The van der Waals surface area contributed by atoms with Gasteiger partial charge in [-0.1, -0.05) is 55.0 Å². The molecule has 4 aromatic rings. The van der Waals surface area contributed by atoms with Gasteiger partial charge in [0.15, 0.2) is 5.82 Å². The minimum Gasteiger partial charge on any atom is -0.448 e. The molecule has 0 bridgehead atoms. The summed E-state index contributed by atoms with van der Waals surface area (Å²) in [6.45, 7) is 1.90. The van der Waals surface area contributed by atoms with Crippen LogP contribution < -0.4 is 5.32 Å². The molecule has 2 aromatic heterocycles. The first-order chi connectivity index (χ1) is 20.2. The number of aromatic nitrogens is 5. The van der Waals surface area contributed by atoms with Crippen molar-refractivity contribution >= 4 is 12.0 Å². The lowest BCUT2D eigenvalue weighted by atomic mass is 9.85. The van der Waals surface area contributed by atoms with Gasteiger partial charge in [-0.3, -0.25) is 4.90 Å². The fourth-order valence-electron chi connectivity index (χ4n) is 6.52. The average Bonchev–Trinajstić information content (AvgIpc) is 3.59. The summed E-state index contributed by atoms with van der Waals surface area (Å²) in [5, 5.41) is 21.4. The molecule has 206 valence electrons. The van der Waals surface area contributed by atoms with Crippen molar-refractivity contribution < 1.29 is 9.53 Å². The highest BCUT2D eigenvalue weighted by atomic mass is 16.6. The molecule has 2 atom stereocenters. The van der Waals surface area contributed by atoms with Crippen LogP contribution in [-0.2, 0) is 17.8 Å². The standard InChI is InChI=1S/C31H30N8O2/c32-15-20-16-33-30(34-17-20)35-22-7-5-6-21(14-22)29-37-36-28-18-38(12-13-39(28)29)31(40)41-19-27-25-10-3-1-8-23(25)24-9-2-4-11-26(24)27/h1-4,8-11,16-17,21-22,27H,5-7,12-14,18-19H2,(H,33,34,35)/t21-,22+/m0/s1. The van der Waals surface area contributed by atoms with Crippen molar-refractivity contribution in [1.82, 2.24) is 29.6 Å². The minimum atomic E-state index is -0.313. The number of anilines is 1. The van der Waals surface area contributed by atoms with Crippen LogP contribution in [0.2, 0.25) is 0 Å². The van der Waals surface area contributed by atoms with Gasteiger partial charge in [-0.2, -0.15) is 5.26 Å². The topological polar surface area (TPSA) is 122 Å². The van der Waals surface area contributed by atoms with Crippen molar-refractivity contribution in [3.05, 3.63) is 89.3 Å².